The minimum atomic E-state index is -0.494. The van der Waals surface area contributed by atoms with Gasteiger partial charge < -0.3 is 9.47 Å². The van der Waals surface area contributed by atoms with Crippen LogP contribution in [0.15, 0.2) is 101 Å². The normalized spacial score (nSPS) is 16.7. The van der Waals surface area contributed by atoms with E-state index in [1.807, 2.05) is 96.8 Å². The first kappa shape index (κ1) is 22.4. The van der Waals surface area contributed by atoms with Gasteiger partial charge >= 0.3 is 5.97 Å². The number of hydrogen-bond donors (Lipinski definition) is 0. The Labute approximate surface area is 204 Å². The maximum absolute atomic E-state index is 13.0. The minimum Gasteiger partial charge on any atom is -0.494 e. The highest BCUT2D eigenvalue weighted by atomic mass is 16.5. The zero-order valence-electron chi connectivity index (χ0n) is 19.7. The summed E-state index contributed by atoms with van der Waals surface area (Å²) in [5.41, 5.74) is 3.57. The Balaban J connectivity index is 1.65. The number of ether oxygens (including phenoxy) is 2. The zero-order chi connectivity index (χ0) is 24.2. The van der Waals surface area contributed by atoms with E-state index in [-0.39, 0.29) is 18.5 Å². The second kappa shape index (κ2) is 9.85. The summed E-state index contributed by atoms with van der Waals surface area (Å²) in [4.78, 5) is 19.8. The molecule has 7 heteroatoms. The standard InChI is InChI=1S/C28H26N4O3/c1-3-34-23-17-15-22(16-18-23)32-28-29-24(20-11-7-5-8-12-20)19-25(21-13-9-6-10-14-21)31(28)26(30-32)27(33)35-4-2/h5-19,25H,3-4H2,1-2H3/t25-/m1/s1. The number of carbonyl (C=O) groups is 1. The maximum Gasteiger partial charge on any atom is 0.376 e. The van der Waals surface area contributed by atoms with Crippen LogP contribution in [0.5, 0.6) is 5.75 Å². The average molecular weight is 467 g/mol. The number of amidine groups is 1. The molecule has 0 unspecified atom stereocenters. The number of nitrogens with zero attached hydrogens (tertiary/aromatic N) is 4. The Hall–Kier alpha value is -4.39. The van der Waals surface area contributed by atoms with Crippen LogP contribution in [0.4, 0.5) is 5.69 Å². The Morgan fingerprint density at radius 1 is 0.886 bits per heavy atom. The lowest BCUT2D eigenvalue weighted by Crippen LogP contribution is -2.44. The molecule has 0 saturated heterocycles. The fourth-order valence-electron chi connectivity index (χ4n) is 4.13. The van der Waals surface area contributed by atoms with Crippen molar-refractivity contribution in [3.8, 4) is 5.75 Å². The van der Waals surface area contributed by atoms with Crippen LogP contribution in [-0.4, -0.2) is 35.9 Å². The molecule has 3 aromatic carbocycles. The molecule has 1 atom stereocenters. The summed E-state index contributed by atoms with van der Waals surface area (Å²) in [6.45, 7) is 4.56. The molecule has 2 heterocycles. The summed E-state index contributed by atoms with van der Waals surface area (Å²) in [5.74, 6) is 0.995. The lowest BCUT2D eigenvalue weighted by molar-refractivity contribution is -0.135. The smallest absolute Gasteiger partial charge is 0.376 e. The molecule has 0 spiro atoms. The van der Waals surface area contributed by atoms with E-state index in [9.17, 15) is 4.79 Å². The molecule has 2 aliphatic heterocycles. The van der Waals surface area contributed by atoms with Crippen LogP contribution in [-0.2, 0) is 9.53 Å². The summed E-state index contributed by atoms with van der Waals surface area (Å²) >= 11 is 0. The van der Waals surface area contributed by atoms with Crippen molar-refractivity contribution in [3.63, 3.8) is 0 Å². The van der Waals surface area contributed by atoms with Gasteiger partial charge in [0.05, 0.1) is 30.6 Å². The summed E-state index contributed by atoms with van der Waals surface area (Å²) in [5, 5.41) is 6.39. The molecule has 0 aliphatic carbocycles. The third-order valence-corrected chi connectivity index (χ3v) is 5.70. The number of benzene rings is 3. The van der Waals surface area contributed by atoms with E-state index in [1.54, 1.807) is 11.9 Å². The van der Waals surface area contributed by atoms with Gasteiger partial charge in [0.15, 0.2) is 0 Å². The van der Waals surface area contributed by atoms with Crippen molar-refractivity contribution >= 4 is 29.1 Å². The number of aliphatic imine (C=N–C) groups is 1. The van der Waals surface area contributed by atoms with Crippen LogP contribution in [0.2, 0.25) is 0 Å². The van der Waals surface area contributed by atoms with Crippen molar-refractivity contribution in [2.24, 2.45) is 10.1 Å². The van der Waals surface area contributed by atoms with Crippen molar-refractivity contribution in [2.75, 3.05) is 18.2 Å². The Morgan fingerprint density at radius 2 is 1.57 bits per heavy atom. The average Bonchev–Trinajstić information content (AvgIpc) is 3.30. The molecule has 3 aromatic rings. The van der Waals surface area contributed by atoms with E-state index < -0.39 is 5.97 Å². The lowest BCUT2D eigenvalue weighted by atomic mass is 10.0. The third kappa shape index (κ3) is 4.40. The Kier molecular flexibility index (Phi) is 6.30. The molecule has 0 bridgehead atoms. The first-order valence-electron chi connectivity index (χ1n) is 11.7. The molecular formula is C28H26N4O3. The molecule has 0 radical (unpaired) electrons. The first-order chi connectivity index (χ1) is 17.2. The van der Waals surface area contributed by atoms with Crippen molar-refractivity contribution in [3.05, 3.63) is 102 Å². The maximum atomic E-state index is 13.0. The predicted octanol–water partition coefficient (Wildman–Crippen LogP) is 5.24. The molecule has 0 N–H and O–H groups in total. The molecule has 0 aromatic heterocycles. The predicted molar refractivity (Wildman–Crippen MR) is 137 cm³/mol. The lowest BCUT2D eigenvalue weighted by Gasteiger charge is -2.32. The number of carbonyl (C=O) groups excluding carboxylic acids is 1. The largest absolute Gasteiger partial charge is 0.494 e. The SMILES string of the molecule is CCOC(=O)C1=NN(c2ccc(OCC)cc2)C2=NC(c3ccccc3)=C[C@H](c3ccccc3)N12. The molecule has 5 rings (SSSR count). The molecule has 0 amide bonds. The van der Waals surface area contributed by atoms with Crippen LogP contribution in [0, 0.1) is 0 Å². The third-order valence-electron chi connectivity index (χ3n) is 5.70. The van der Waals surface area contributed by atoms with Crippen LogP contribution in [0.3, 0.4) is 0 Å². The van der Waals surface area contributed by atoms with Crippen molar-refractivity contribution in [2.45, 2.75) is 19.9 Å². The highest BCUT2D eigenvalue weighted by molar-refractivity contribution is 6.41. The molecule has 7 nitrogen and oxygen atoms in total. The van der Waals surface area contributed by atoms with Crippen molar-refractivity contribution in [1.82, 2.24) is 4.90 Å². The van der Waals surface area contributed by atoms with Crippen LogP contribution >= 0.6 is 0 Å². The fraction of sp³-hybridized carbons (Fsp3) is 0.179. The Bertz CT molecular complexity index is 1280. The second-order valence-corrected chi connectivity index (χ2v) is 7.94. The Morgan fingerprint density at radius 3 is 2.23 bits per heavy atom. The topological polar surface area (TPSA) is 66.7 Å². The highest BCUT2D eigenvalue weighted by Gasteiger charge is 2.43. The van der Waals surface area contributed by atoms with E-state index in [0.717, 1.165) is 28.3 Å². The molecule has 2 aliphatic rings. The zero-order valence-corrected chi connectivity index (χ0v) is 19.7. The minimum absolute atomic E-state index is 0.191. The van der Waals surface area contributed by atoms with Gasteiger partial charge in [-0.15, -0.1) is 5.10 Å². The molecule has 0 saturated carbocycles. The van der Waals surface area contributed by atoms with Gasteiger partial charge in [-0.1, -0.05) is 60.7 Å². The van der Waals surface area contributed by atoms with Crippen LogP contribution < -0.4 is 9.75 Å². The summed E-state index contributed by atoms with van der Waals surface area (Å²) < 4.78 is 11.0. The second-order valence-electron chi connectivity index (χ2n) is 7.94. The van der Waals surface area contributed by atoms with Crippen LogP contribution in [0.1, 0.15) is 31.0 Å². The van der Waals surface area contributed by atoms with Gasteiger partial charge in [-0.3, -0.25) is 4.90 Å². The van der Waals surface area contributed by atoms with Gasteiger partial charge in [-0.05, 0) is 49.8 Å². The number of fused-ring (bicyclic) bond motifs is 1. The number of esters is 1. The number of hydrogen-bond acceptors (Lipinski definition) is 7. The number of hydrazone groups is 1. The summed E-state index contributed by atoms with van der Waals surface area (Å²) in [6.07, 6.45) is 2.06. The number of anilines is 1. The quantitative estimate of drug-likeness (QED) is 0.446. The van der Waals surface area contributed by atoms with E-state index in [4.69, 9.17) is 19.6 Å². The number of rotatable bonds is 7. The number of guanidine groups is 1. The van der Waals surface area contributed by atoms with E-state index >= 15 is 0 Å². The van der Waals surface area contributed by atoms with Gasteiger partial charge in [0.2, 0.25) is 11.8 Å². The van der Waals surface area contributed by atoms with Crippen molar-refractivity contribution < 1.29 is 14.3 Å². The molecule has 176 valence electrons. The van der Waals surface area contributed by atoms with Crippen molar-refractivity contribution in [1.29, 1.82) is 0 Å². The van der Waals surface area contributed by atoms with Gasteiger partial charge in [-0.2, -0.15) is 5.01 Å². The first-order valence-corrected chi connectivity index (χ1v) is 11.7. The summed E-state index contributed by atoms with van der Waals surface area (Å²) in [7, 11) is 0. The monoisotopic (exact) mass is 466 g/mol. The van der Waals surface area contributed by atoms with Crippen LogP contribution in [0.25, 0.3) is 5.70 Å². The van der Waals surface area contributed by atoms with E-state index in [2.05, 4.69) is 6.08 Å². The van der Waals surface area contributed by atoms with E-state index in [1.165, 1.54) is 0 Å². The van der Waals surface area contributed by atoms with E-state index in [0.29, 0.717) is 12.6 Å². The van der Waals surface area contributed by atoms with Gasteiger partial charge in [0.25, 0.3) is 0 Å². The molecule has 0 fully saturated rings. The highest BCUT2D eigenvalue weighted by Crippen LogP contribution is 2.38. The van der Waals surface area contributed by atoms with Gasteiger partial charge in [-0.25, -0.2) is 9.79 Å². The van der Waals surface area contributed by atoms with Gasteiger partial charge in [0.1, 0.15) is 5.75 Å². The fourth-order valence-corrected chi connectivity index (χ4v) is 4.13. The molecule has 35 heavy (non-hydrogen) atoms. The molecular weight excluding hydrogens is 440 g/mol. The van der Waals surface area contributed by atoms with Gasteiger partial charge in [0, 0.05) is 5.56 Å². The summed E-state index contributed by atoms with van der Waals surface area (Å²) in [6, 6.07) is 27.3.